The number of rotatable bonds is 5. The zero-order chi connectivity index (χ0) is 14.1. The average molecular weight is 274 g/mol. The SMILES string of the molecule is CCC(C)(C)N(C)S(=O)(=O)c1cc(CO)n(C)c1. The lowest BCUT2D eigenvalue weighted by atomic mass is 10.0. The zero-order valence-electron chi connectivity index (χ0n) is 11.6. The summed E-state index contributed by atoms with van der Waals surface area (Å²) in [4.78, 5) is 0.220. The average Bonchev–Trinajstić information content (AvgIpc) is 2.70. The van der Waals surface area contributed by atoms with Gasteiger partial charge in [-0.05, 0) is 26.3 Å². The van der Waals surface area contributed by atoms with Crippen LogP contribution in [0.3, 0.4) is 0 Å². The molecule has 0 atom stereocenters. The van der Waals surface area contributed by atoms with Crippen molar-refractivity contribution in [3.05, 3.63) is 18.0 Å². The number of aliphatic hydroxyl groups is 1. The van der Waals surface area contributed by atoms with Gasteiger partial charge in [0.05, 0.1) is 6.61 Å². The number of aliphatic hydroxyl groups excluding tert-OH is 1. The number of sulfonamides is 1. The molecule has 0 radical (unpaired) electrons. The molecule has 0 amide bonds. The number of aryl methyl sites for hydroxylation is 1. The lowest BCUT2D eigenvalue weighted by molar-refractivity contribution is 0.257. The Morgan fingerprint density at radius 1 is 1.44 bits per heavy atom. The first-order valence-electron chi connectivity index (χ1n) is 5.92. The first-order valence-corrected chi connectivity index (χ1v) is 7.36. The van der Waals surface area contributed by atoms with E-state index in [1.807, 2.05) is 20.8 Å². The first kappa shape index (κ1) is 15.2. The van der Waals surface area contributed by atoms with Crippen molar-refractivity contribution >= 4 is 10.0 Å². The number of hydrogen-bond acceptors (Lipinski definition) is 3. The van der Waals surface area contributed by atoms with Crippen LogP contribution in [0.4, 0.5) is 0 Å². The quantitative estimate of drug-likeness (QED) is 0.881. The molecule has 0 unspecified atom stereocenters. The number of hydrogen-bond donors (Lipinski definition) is 1. The van der Waals surface area contributed by atoms with Gasteiger partial charge in [0.25, 0.3) is 0 Å². The van der Waals surface area contributed by atoms with Crippen LogP contribution in [-0.4, -0.2) is 35.0 Å². The Kier molecular flexibility index (Phi) is 4.25. The van der Waals surface area contributed by atoms with Crippen molar-refractivity contribution in [1.82, 2.24) is 8.87 Å². The van der Waals surface area contributed by atoms with E-state index in [0.29, 0.717) is 5.69 Å². The highest BCUT2D eigenvalue weighted by Crippen LogP contribution is 2.26. The Labute approximate surface area is 109 Å². The van der Waals surface area contributed by atoms with Crippen LogP contribution in [0.15, 0.2) is 17.2 Å². The van der Waals surface area contributed by atoms with Crippen LogP contribution in [0.25, 0.3) is 0 Å². The predicted octanol–water partition coefficient (Wildman–Crippen LogP) is 1.33. The van der Waals surface area contributed by atoms with Crippen LogP contribution >= 0.6 is 0 Å². The van der Waals surface area contributed by atoms with Crippen molar-refractivity contribution in [3.8, 4) is 0 Å². The van der Waals surface area contributed by atoms with Gasteiger partial charge in [-0.3, -0.25) is 0 Å². The maximum absolute atomic E-state index is 12.5. The van der Waals surface area contributed by atoms with Crippen LogP contribution in [0.5, 0.6) is 0 Å². The Bertz CT molecular complexity index is 517. The summed E-state index contributed by atoms with van der Waals surface area (Å²) in [5.41, 5.74) is 0.143. The summed E-state index contributed by atoms with van der Waals surface area (Å²) in [6, 6.07) is 1.51. The third-order valence-electron chi connectivity index (χ3n) is 3.62. The lowest BCUT2D eigenvalue weighted by Crippen LogP contribution is -2.44. The Morgan fingerprint density at radius 2 is 2.00 bits per heavy atom. The van der Waals surface area contributed by atoms with Crippen molar-refractivity contribution in [2.45, 2.75) is 44.2 Å². The number of aromatic nitrogens is 1. The highest BCUT2D eigenvalue weighted by Gasteiger charge is 2.33. The van der Waals surface area contributed by atoms with Crippen LogP contribution in [0, 0.1) is 0 Å². The molecular formula is C12H22N2O3S. The van der Waals surface area contributed by atoms with Gasteiger partial charge in [-0.15, -0.1) is 0 Å². The van der Waals surface area contributed by atoms with E-state index in [9.17, 15) is 8.42 Å². The van der Waals surface area contributed by atoms with Gasteiger partial charge in [0, 0.05) is 31.5 Å². The van der Waals surface area contributed by atoms with E-state index >= 15 is 0 Å². The molecule has 1 rings (SSSR count). The second-order valence-electron chi connectivity index (χ2n) is 5.07. The van der Waals surface area contributed by atoms with Gasteiger partial charge in [0.15, 0.2) is 0 Å². The van der Waals surface area contributed by atoms with Crippen LogP contribution in [-0.2, 0) is 23.7 Å². The molecule has 0 saturated heterocycles. The molecule has 6 heteroatoms. The summed E-state index contributed by atoms with van der Waals surface area (Å²) in [5, 5.41) is 9.11. The second kappa shape index (κ2) is 5.03. The van der Waals surface area contributed by atoms with Gasteiger partial charge in [-0.2, -0.15) is 4.31 Å². The summed E-state index contributed by atoms with van der Waals surface area (Å²) in [6.45, 7) is 5.56. The van der Waals surface area contributed by atoms with Crippen LogP contribution in [0.2, 0.25) is 0 Å². The highest BCUT2D eigenvalue weighted by molar-refractivity contribution is 7.89. The maximum Gasteiger partial charge on any atom is 0.244 e. The molecule has 0 aliphatic carbocycles. The molecule has 18 heavy (non-hydrogen) atoms. The van der Waals surface area contributed by atoms with Crippen molar-refractivity contribution in [1.29, 1.82) is 0 Å². The van der Waals surface area contributed by atoms with Crippen molar-refractivity contribution in [2.75, 3.05) is 7.05 Å². The standard InChI is InChI=1S/C12H22N2O3S/c1-6-12(2,3)14(5)18(16,17)11-7-10(9-15)13(4)8-11/h7-8,15H,6,9H2,1-5H3. The summed E-state index contributed by atoms with van der Waals surface area (Å²) in [7, 11) is -0.214. The lowest BCUT2D eigenvalue weighted by Gasteiger charge is -2.33. The summed E-state index contributed by atoms with van der Waals surface area (Å²) in [6.07, 6.45) is 2.26. The minimum absolute atomic E-state index is 0.174. The van der Waals surface area contributed by atoms with Crippen molar-refractivity contribution < 1.29 is 13.5 Å². The fourth-order valence-corrected chi connectivity index (χ4v) is 3.25. The normalized spacial score (nSPS) is 13.3. The topological polar surface area (TPSA) is 62.5 Å². The minimum atomic E-state index is -3.52. The molecule has 0 aliphatic heterocycles. The van der Waals surface area contributed by atoms with Gasteiger partial charge in [0.2, 0.25) is 10.0 Å². The van der Waals surface area contributed by atoms with E-state index < -0.39 is 15.6 Å². The summed E-state index contributed by atoms with van der Waals surface area (Å²) >= 11 is 0. The second-order valence-corrected chi connectivity index (χ2v) is 7.04. The molecule has 0 saturated carbocycles. The summed E-state index contributed by atoms with van der Waals surface area (Å²) < 4.78 is 27.9. The van der Waals surface area contributed by atoms with Crippen LogP contribution < -0.4 is 0 Å². The van der Waals surface area contributed by atoms with E-state index in [1.54, 1.807) is 18.7 Å². The molecule has 1 aromatic rings. The first-order chi connectivity index (χ1) is 8.16. The zero-order valence-corrected chi connectivity index (χ0v) is 12.5. The third kappa shape index (κ3) is 2.60. The number of nitrogens with zero attached hydrogens (tertiary/aromatic N) is 2. The fourth-order valence-electron chi connectivity index (χ4n) is 1.58. The van der Waals surface area contributed by atoms with E-state index in [2.05, 4.69) is 0 Å². The predicted molar refractivity (Wildman–Crippen MR) is 70.7 cm³/mol. The van der Waals surface area contributed by atoms with E-state index in [0.717, 1.165) is 6.42 Å². The molecule has 1 N–H and O–H groups in total. The smallest absolute Gasteiger partial charge is 0.244 e. The molecule has 1 heterocycles. The van der Waals surface area contributed by atoms with Crippen molar-refractivity contribution in [3.63, 3.8) is 0 Å². The Balaban J connectivity index is 3.21. The molecule has 1 aromatic heterocycles. The Morgan fingerprint density at radius 3 is 2.39 bits per heavy atom. The van der Waals surface area contributed by atoms with E-state index in [4.69, 9.17) is 5.11 Å². The van der Waals surface area contributed by atoms with Gasteiger partial charge in [-0.1, -0.05) is 6.92 Å². The van der Waals surface area contributed by atoms with Gasteiger partial charge in [-0.25, -0.2) is 8.42 Å². The largest absolute Gasteiger partial charge is 0.390 e. The van der Waals surface area contributed by atoms with Crippen LogP contribution in [0.1, 0.15) is 32.9 Å². The molecule has 0 aliphatic rings. The van der Waals surface area contributed by atoms with Crippen molar-refractivity contribution in [2.24, 2.45) is 7.05 Å². The van der Waals surface area contributed by atoms with Gasteiger partial charge >= 0.3 is 0 Å². The molecule has 104 valence electrons. The molecule has 0 aromatic carbocycles. The molecule has 0 fully saturated rings. The summed E-state index contributed by atoms with van der Waals surface area (Å²) in [5.74, 6) is 0. The third-order valence-corrected chi connectivity index (χ3v) is 5.66. The fraction of sp³-hybridized carbons (Fsp3) is 0.667. The van der Waals surface area contributed by atoms with Gasteiger partial charge < -0.3 is 9.67 Å². The molecule has 5 nitrogen and oxygen atoms in total. The maximum atomic E-state index is 12.5. The van der Waals surface area contributed by atoms with Gasteiger partial charge in [0.1, 0.15) is 4.90 Å². The minimum Gasteiger partial charge on any atom is -0.390 e. The molecular weight excluding hydrogens is 252 g/mol. The van der Waals surface area contributed by atoms with E-state index in [1.165, 1.54) is 16.6 Å². The molecule has 0 spiro atoms. The van der Waals surface area contributed by atoms with E-state index in [-0.39, 0.29) is 11.5 Å². The Hall–Kier alpha value is -0.850. The highest BCUT2D eigenvalue weighted by atomic mass is 32.2. The monoisotopic (exact) mass is 274 g/mol. The molecule has 0 bridgehead atoms.